The van der Waals surface area contributed by atoms with E-state index in [-0.39, 0.29) is 11.8 Å². The molecular formula is C28H17Cl2NO2. The van der Waals surface area contributed by atoms with Crippen molar-refractivity contribution in [3.8, 4) is 0 Å². The summed E-state index contributed by atoms with van der Waals surface area (Å²) in [6.45, 7) is 0. The number of halogens is 2. The first-order chi connectivity index (χ1) is 16.0. The summed E-state index contributed by atoms with van der Waals surface area (Å²) in [5.41, 5.74) is 3.81. The summed E-state index contributed by atoms with van der Waals surface area (Å²) in [5, 5.41) is 1.80. The molecule has 4 aromatic carbocycles. The van der Waals surface area contributed by atoms with Gasteiger partial charge in [-0.15, -0.1) is 23.2 Å². The predicted octanol–water partition coefficient (Wildman–Crippen LogP) is 5.94. The van der Waals surface area contributed by atoms with E-state index in [9.17, 15) is 9.59 Å². The number of amides is 2. The van der Waals surface area contributed by atoms with Gasteiger partial charge in [0.25, 0.3) is 0 Å². The summed E-state index contributed by atoms with van der Waals surface area (Å²) in [5.74, 6) is -2.20. The highest BCUT2D eigenvalue weighted by Crippen LogP contribution is 2.69. The van der Waals surface area contributed by atoms with Gasteiger partial charge in [-0.2, -0.15) is 0 Å². The molecule has 3 aliphatic carbocycles. The molecule has 1 saturated heterocycles. The van der Waals surface area contributed by atoms with Gasteiger partial charge in [0.1, 0.15) is 9.75 Å². The lowest BCUT2D eigenvalue weighted by molar-refractivity contribution is -0.122. The van der Waals surface area contributed by atoms with Crippen molar-refractivity contribution in [1.82, 2.24) is 0 Å². The molecule has 0 spiro atoms. The third-order valence-corrected chi connectivity index (χ3v) is 8.88. The molecule has 0 aromatic heterocycles. The Morgan fingerprint density at radius 3 is 1.52 bits per heavy atom. The van der Waals surface area contributed by atoms with Crippen LogP contribution in [0.1, 0.15) is 22.3 Å². The monoisotopic (exact) mass is 469 g/mol. The van der Waals surface area contributed by atoms with Crippen molar-refractivity contribution in [1.29, 1.82) is 0 Å². The SMILES string of the molecule is O=C1[C@H]2[C@H](C(=O)N1c1cccc3ccccc13)C1(Cl)c3ccccc3C2(Cl)c2ccccc21. The fourth-order valence-electron chi connectivity index (χ4n) is 6.31. The van der Waals surface area contributed by atoms with Gasteiger partial charge in [0, 0.05) is 5.39 Å². The Morgan fingerprint density at radius 2 is 1.00 bits per heavy atom. The van der Waals surface area contributed by atoms with E-state index >= 15 is 0 Å². The minimum atomic E-state index is -1.17. The van der Waals surface area contributed by atoms with Crippen molar-refractivity contribution in [2.45, 2.75) is 9.75 Å². The van der Waals surface area contributed by atoms with Crippen molar-refractivity contribution in [3.63, 3.8) is 0 Å². The summed E-state index contributed by atoms with van der Waals surface area (Å²) in [6, 6.07) is 28.8. The number of alkyl halides is 2. The molecule has 0 radical (unpaired) electrons. The molecule has 8 rings (SSSR count). The molecule has 33 heavy (non-hydrogen) atoms. The third-order valence-electron chi connectivity index (χ3n) is 7.59. The fraction of sp³-hybridized carbons (Fsp3) is 0.143. The summed E-state index contributed by atoms with van der Waals surface area (Å²) < 4.78 is 0. The van der Waals surface area contributed by atoms with Crippen LogP contribution in [0.4, 0.5) is 5.69 Å². The number of hydrogen-bond donors (Lipinski definition) is 0. The van der Waals surface area contributed by atoms with Gasteiger partial charge < -0.3 is 0 Å². The van der Waals surface area contributed by atoms with Crippen LogP contribution < -0.4 is 4.90 Å². The first kappa shape index (κ1) is 19.3. The average molecular weight is 470 g/mol. The number of carbonyl (C=O) groups is 2. The van der Waals surface area contributed by atoms with Crippen molar-refractivity contribution in [3.05, 3.63) is 113 Å². The van der Waals surface area contributed by atoms with Crippen molar-refractivity contribution in [2.24, 2.45) is 11.8 Å². The fourth-order valence-corrected chi connectivity index (χ4v) is 7.41. The van der Waals surface area contributed by atoms with Crippen LogP contribution in [0.2, 0.25) is 0 Å². The van der Waals surface area contributed by atoms with Crippen molar-refractivity contribution >= 4 is 51.5 Å². The van der Waals surface area contributed by atoms with E-state index in [1.807, 2.05) is 91.0 Å². The second-order valence-corrected chi connectivity index (χ2v) is 10.2. The van der Waals surface area contributed by atoms with Crippen LogP contribution in [0, 0.1) is 11.8 Å². The number of carbonyl (C=O) groups excluding carboxylic acids is 2. The number of anilines is 1. The van der Waals surface area contributed by atoms with Gasteiger partial charge in [-0.25, -0.2) is 4.90 Å². The topological polar surface area (TPSA) is 37.4 Å². The standard InChI is InChI=1S/C28H17Cl2NO2/c29-27-18-11-3-4-12-19(18)28(30,21-14-6-5-13-20(21)27)24-23(27)25(32)31(26(24)33)22-15-7-9-16-8-1-2-10-17(16)22/h1-15,23-24H/t23-,24-,27?,28?/m1/s1. The highest BCUT2D eigenvalue weighted by molar-refractivity contribution is 6.39. The zero-order valence-corrected chi connectivity index (χ0v) is 18.8. The van der Waals surface area contributed by atoms with E-state index in [4.69, 9.17) is 23.2 Å². The number of rotatable bonds is 1. The van der Waals surface area contributed by atoms with E-state index in [2.05, 4.69) is 0 Å². The second-order valence-electron chi connectivity index (χ2n) is 8.98. The first-order valence-corrected chi connectivity index (χ1v) is 11.7. The maximum absolute atomic E-state index is 14.1. The number of benzene rings is 4. The Hall–Kier alpha value is -3.14. The van der Waals surface area contributed by atoms with E-state index in [0.717, 1.165) is 33.0 Å². The average Bonchev–Trinajstić information content (AvgIpc) is 3.13. The van der Waals surface area contributed by atoms with Gasteiger partial charge in [0.05, 0.1) is 17.5 Å². The van der Waals surface area contributed by atoms with Crippen LogP contribution >= 0.6 is 23.2 Å². The molecule has 0 N–H and O–H groups in total. The minimum absolute atomic E-state index is 0.301. The smallest absolute Gasteiger partial charge is 0.240 e. The second kappa shape index (κ2) is 6.25. The molecule has 0 saturated carbocycles. The minimum Gasteiger partial charge on any atom is -0.274 e. The molecule has 2 bridgehead atoms. The molecule has 1 heterocycles. The van der Waals surface area contributed by atoms with E-state index in [0.29, 0.717) is 5.69 Å². The first-order valence-electron chi connectivity index (χ1n) is 10.9. The maximum Gasteiger partial charge on any atom is 0.240 e. The molecule has 1 fully saturated rings. The highest BCUT2D eigenvalue weighted by atomic mass is 35.5. The van der Waals surface area contributed by atoms with E-state index in [1.165, 1.54) is 4.90 Å². The lowest BCUT2D eigenvalue weighted by Crippen LogP contribution is -2.57. The zero-order chi connectivity index (χ0) is 22.5. The van der Waals surface area contributed by atoms with Crippen LogP contribution in [0.25, 0.3) is 10.8 Å². The number of imide groups is 1. The molecule has 0 unspecified atom stereocenters. The normalized spacial score (nSPS) is 29.2. The lowest BCUT2D eigenvalue weighted by Gasteiger charge is -2.54. The molecule has 160 valence electrons. The quantitative estimate of drug-likeness (QED) is 0.255. The Bertz CT molecular complexity index is 1400. The zero-order valence-electron chi connectivity index (χ0n) is 17.3. The summed E-state index contributed by atoms with van der Waals surface area (Å²) >= 11 is 15.0. The molecule has 1 aliphatic heterocycles. The highest BCUT2D eigenvalue weighted by Gasteiger charge is 2.73. The molecule has 3 nitrogen and oxygen atoms in total. The van der Waals surface area contributed by atoms with Crippen LogP contribution in [-0.4, -0.2) is 11.8 Å². The lowest BCUT2D eigenvalue weighted by atomic mass is 9.54. The Morgan fingerprint density at radius 1 is 0.576 bits per heavy atom. The summed E-state index contributed by atoms with van der Waals surface area (Å²) in [7, 11) is 0. The summed E-state index contributed by atoms with van der Waals surface area (Å²) in [4.78, 5) is 27.2. The molecule has 2 amide bonds. The molecule has 4 aliphatic rings. The van der Waals surface area contributed by atoms with Gasteiger partial charge in [-0.1, -0.05) is 84.9 Å². The molecule has 4 aromatic rings. The third kappa shape index (κ3) is 2.09. The van der Waals surface area contributed by atoms with Crippen molar-refractivity contribution in [2.75, 3.05) is 4.90 Å². The van der Waals surface area contributed by atoms with Crippen LogP contribution in [0.15, 0.2) is 91.0 Å². The van der Waals surface area contributed by atoms with Crippen molar-refractivity contribution < 1.29 is 9.59 Å². The Labute approximate surface area is 200 Å². The van der Waals surface area contributed by atoms with Gasteiger partial charge >= 0.3 is 0 Å². The number of nitrogens with zero attached hydrogens (tertiary/aromatic N) is 1. The maximum atomic E-state index is 14.1. The largest absolute Gasteiger partial charge is 0.274 e. The summed E-state index contributed by atoms with van der Waals surface area (Å²) in [6.07, 6.45) is 0. The number of hydrogen-bond acceptors (Lipinski definition) is 2. The Balaban J connectivity index is 1.53. The Kier molecular flexibility index (Phi) is 3.66. The number of fused-ring (bicyclic) bond motifs is 1. The van der Waals surface area contributed by atoms with Crippen LogP contribution in [0.5, 0.6) is 0 Å². The van der Waals surface area contributed by atoms with E-state index < -0.39 is 21.6 Å². The van der Waals surface area contributed by atoms with Gasteiger partial charge in [0.15, 0.2) is 0 Å². The van der Waals surface area contributed by atoms with Gasteiger partial charge in [-0.3, -0.25) is 9.59 Å². The van der Waals surface area contributed by atoms with E-state index in [1.54, 1.807) is 0 Å². The molecule has 5 heteroatoms. The van der Waals surface area contributed by atoms with Gasteiger partial charge in [-0.05, 0) is 33.7 Å². The molecule has 2 atom stereocenters. The molecular weight excluding hydrogens is 453 g/mol. The van der Waals surface area contributed by atoms with Crippen LogP contribution in [-0.2, 0) is 19.3 Å². The predicted molar refractivity (Wildman–Crippen MR) is 130 cm³/mol. The van der Waals surface area contributed by atoms with Gasteiger partial charge in [0.2, 0.25) is 11.8 Å². The van der Waals surface area contributed by atoms with Crippen LogP contribution in [0.3, 0.4) is 0 Å².